The Balaban J connectivity index is 2.51. The zero-order valence-electron chi connectivity index (χ0n) is 8.22. The fourth-order valence-corrected chi connectivity index (χ4v) is 3.53. The standard InChI is InChI=1S/C9H19NOS/c1-4-5-8-6-12(11)7-9(2,3)10-8/h8,10H,4-7H2,1-3H3. The maximum atomic E-state index is 11.4. The van der Waals surface area contributed by atoms with Gasteiger partial charge in [-0.05, 0) is 20.3 Å². The second-order valence-electron chi connectivity index (χ2n) is 4.26. The van der Waals surface area contributed by atoms with Crippen LogP contribution in [-0.2, 0) is 10.8 Å². The smallest absolute Gasteiger partial charge is 0.0412 e. The zero-order valence-corrected chi connectivity index (χ0v) is 9.04. The fraction of sp³-hybridized carbons (Fsp3) is 1.00. The Kier molecular flexibility index (Phi) is 3.29. The first-order valence-electron chi connectivity index (χ1n) is 4.66. The summed E-state index contributed by atoms with van der Waals surface area (Å²) >= 11 is 0. The molecule has 0 spiro atoms. The maximum Gasteiger partial charge on any atom is 0.0412 e. The molecule has 0 bridgehead atoms. The van der Waals surface area contributed by atoms with Crippen LogP contribution in [0.5, 0.6) is 0 Å². The lowest BCUT2D eigenvalue weighted by Crippen LogP contribution is -2.56. The van der Waals surface area contributed by atoms with E-state index in [0.29, 0.717) is 6.04 Å². The van der Waals surface area contributed by atoms with E-state index in [1.165, 1.54) is 6.42 Å². The molecule has 0 radical (unpaired) electrons. The topological polar surface area (TPSA) is 29.1 Å². The summed E-state index contributed by atoms with van der Waals surface area (Å²) in [4.78, 5) is 0. The van der Waals surface area contributed by atoms with Gasteiger partial charge in [-0.3, -0.25) is 4.21 Å². The molecule has 0 aromatic rings. The Labute approximate surface area is 77.6 Å². The minimum Gasteiger partial charge on any atom is -0.307 e. The lowest BCUT2D eigenvalue weighted by molar-refractivity contribution is 0.350. The van der Waals surface area contributed by atoms with Crippen LogP contribution in [0.15, 0.2) is 0 Å². The van der Waals surface area contributed by atoms with Crippen molar-refractivity contribution in [3.05, 3.63) is 0 Å². The van der Waals surface area contributed by atoms with E-state index in [2.05, 4.69) is 26.1 Å². The lowest BCUT2D eigenvalue weighted by Gasteiger charge is -2.36. The van der Waals surface area contributed by atoms with Crippen molar-refractivity contribution in [2.45, 2.75) is 45.2 Å². The normalized spacial score (nSPS) is 34.9. The second-order valence-corrected chi connectivity index (χ2v) is 5.77. The van der Waals surface area contributed by atoms with E-state index in [-0.39, 0.29) is 5.54 Å². The van der Waals surface area contributed by atoms with Gasteiger partial charge in [0.1, 0.15) is 0 Å². The van der Waals surface area contributed by atoms with E-state index < -0.39 is 10.8 Å². The molecule has 1 aliphatic rings. The summed E-state index contributed by atoms with van der Waals surface area (Å²) < 4.78 is 11.4. The molecule has 0 amide bonds. The molecule has 12 heavy (non-hydrogen) atoms. The average molecular weight is 189 g/mol. The van der Waals surface area contributed by atoms with Gasteiger partial charge in [0.2, 0.25) is 0 Å². The molecule has 1 saturated heterocycles. The van der Waals surface area contributed by atoms with Crippen molar-refractivity contribution < 1.29 is 4.21 Å². The van der Waals surface area contributed by atoms with Gasteiger partial charge in [-0.2, -0.15) is 0 Å². The molecule has 1 N–H and O–H groups in total. The summed E-state index contributed by atoms with van der Waals surface area (Å²) in [5, 5.41) is 3.53. The van der Waals surface area contributed by atoms with E-state index >= 15 is 0 Å². The van der Waals surface area contributed by atoms with Crippen LogP contribution in [0.25, 0.3) is 0 Å². The Morgan fingerprint density at radius 3 is 2.75 bits per heavy atom. The summed E-state index contributed by atoms with van der Waals surface area (Å²) in [6.45, 7) is 6.44. The first-order chi connectivity index (χ1) is 5.53. The zero-order chi connectivity index (χ0) is 9.19. The van der Waals surface area contributed by atoms with Gasteiger partial charge in [-0.15, -0.1) is 0 Å². The van der Waals surface area contributed by atoms with Gasteiger partial charge in [0.15, 0.2) is 0 Å². The Morgan fingerprint density at radius 1 is 1.58 bits per heavy atom. The van der Waals surface area contributed by atoms with Gasteiger partial charge in [0.25, 0.3) is 0 Å². The summed E-state index contributed by atoms with van der Waals surface area (Å²) in [6, 6.07) is 0.472. The quantitative estimate of drug-likeness (QED) is 0.709. The van der Waals surface area contributed by atoms with E-state index in [9.17, 15) is 4.21 Å². The molecule has 3 heteroatoms. The third kappa shape index (κ3) is 2.87. The van der Waals surface area contributed by atoms with Crippen molar-refractivity contribution in [2.24, 2.45) is 0 Å². The van der Waals surface area contributed by atoms with E-state index in [1.807, 2.05) is 0 Å². The average Bonchev–Trinajstić information content (AvgIpc) is 1.82. The summed E-state index contributed by atoms with van der Waals surface area (Å²) in [7, 11) is -0.604. The molecule has 0 aromatic heterocycles. The predicted molar refractivity (Wildman–Crippen MR) is 53.8 cm³/mol. The maximum absolute atomic E-state index is 11.4. The number of rotatable bonds is 2. The van der Waals surface area contributed by atoms with Crippen molar-refractivity contribution in [3.63, 3.8) is 0 Å². The second kappa shape index (κ2) is 3.88. The molecule has 0 aromatic carbocycles. The highest BCUT2D eigenvalue weighted by Crippen LogP contribution is 2.15. The molecular weight excluding hydrogens is 170 g/mol. The van der Waals surface area contributed by atoms with Gasteiger partial charge in [-0.25, -0.2) is 0 Å². The predicted octanol–water partition coefficient (Wildman–Crippen LogP) is 1.29. The number of hydrogen-bond acceptors (Lipinski definition) is 2. The van der Waals surface area contributed by atoms with Crippen LogP contribution in [-0.4, -0.2) is 27.3 Å². The Hall–Kier alpha value is 0.110. The van der Waals surface area contributed by atoms with E-state index in [4.69, 9.17) is 0 Å². The van der Waals surface area contributed by atoms with E-state index in [0.717, 1.165) is 17.9 Å². The highest BCUT2D eigenvalue weighted by molar-refractivity contribution is 7.85. The van der Waals surface area contributed by atoms with Crippen LogP contribution >= 0.6 is 0 Å². The molecule has 2 nitrogen and oxygen atoms in total. The molecular formula is C9H19NOS. The molecule has 2 atom stereocenters. The third-order valence-corrected chi connectivity index (χ3v) is 3.96. The Morgan fingerprint density at radius 2 is 2.25 bits per heavy atom. The molecule has 0 aliphatic carbocycles. The highest BCUT2D eigenvalue weighted by Gasteiger charge is 2.30. The summed E-state index contributed by atoms with van der Waals surface area (Å²) in [6.07, 6.45) is 2.32. The van der Waals surface area contributed by atoms with Crippen molar-refractivity contribution in [1.82, 2.24) is 5.32 Å². The highest BCUT2D eigenvalue weighted by atomic mass is 32.2. The molecule has 1 rings (SSSR count). The van der Waals surface area contributed by atoms with Crippen molar-refractivity contribution in [2.75, 3.05) is 11.5 Å². The molecule has 1 fully saturated rings. The summed E-state index contributed by atoms with van der Waals surface area (Å²) in [5.41, 5.74) is 0.0724. The first-order valence-corrected chi connectivity index (χ1v) is 6.15. The molecule has 1 heterocycles. The van der Waals surface area contributed by atoms with Gasteiger partial charge >= 0.3 is 0 Å². The molecule has 0 saturated carbocycles. The number of nitrogens with one attached hydrogen (secondary N) is 1. The van der Waals surface area contributed by atoms with Crippen LogP contribution in [0.3, 0.4) is 0 Å². The van der Waals surface area contributed by atoms with Gasteiger partial charge in [0.05, 0.1) is 0 Å². The lowest BCUT2D eigenvalue weighted by atomic mass is 10.0. The van der Waals surface area contributed by atoms with Crippen molar-refractivity contribution >= 4 is 10.8 Å². The van der Waals surface area contributed by atoms with Gasteiger partial charge < -0.3 is 5.32 Å². The van der Waals surface area contributed by atoms with Crippen LogP contribution in [0, 0.1) is 0 Å². The molecule has 2 unspecified atom stereocenters. The van der Waals surface area contributed by atoms with Crippen LogP contribution in [0.4, 0.5) is 0 Å². The number of hydrogen-bond donors (Lipinski definition) is 1. The SMILES string of the molecule is CCCC1CS(=O)CC(C)(C)N1. The van der Waals surface area contributed by atoms with Gasteiger partial charge in [0, 0.05) is 33.9 Å². The van der Waals surface area contributed by atoms with Crippen LogP contribution in [0.2, 0.25) is 0 Å². The largest absolute Gasteiger partial charge is 0.307 e. The minimum absolute atomic E-state index is 0.0724. The first kappa shape index (κ1) is 10.2. The van der Waals surface area contributed by atoms with Gasteiger partial charge in [-0.1, -0.05) is 13.3 Å². The minimum atomic E-state index is -0.604. The van der Waals surface area contributed by atoms with Crippen LogP contribution < -0.4 is 5.32 Å². The van der Waals surface area contributed by atoms with Crippen molar-refractivity contribution in [3.8, 4) is 0 Å². The molecule has 72 valence electrons. The van der Waals surface area contributed by atoms with Crippen molar-refractivity contribution in [1.29, 1.82) is 0 Å². The third-order valence-electron chi connectivity index (χ3n) is 2.14. The van der Waals surface area contributed by atoms with Crippen LogP contribution in [0.1, 0.15) is 33.6 Å². The monoisotopic (exact) mass is 189 g/mol. The molecule has 1 aliphatic heterocycles. The fourth-order valence-electron chi connectivity index (χ4n) is 1.83. The summed E-state index contributed by atoms with van der Waals surface area (Å²) in [5.74, 6) is 1.64. The Bertz CT molecular complexity index is 179. The van der Waals surface area contributed by atoms with E-state index in [1.54, 1.807) is 0 Å².